The number of nitrogens with one attached hydrogen (secondary N) is 1. The standard InChI is InChI=1S/C15H23ClN2O2S.ClH/c1-11-10-12(16)4-5-14(11)20-8-3-7-18-15(19)13(17)6-9-21-2;/h4-5,10,13H,3,6-9,17H2,1-2H3,(H,18,19);1H/t13-;/m0./s1. The first kappa shape index (κ1) is 21.4. The Kier molecular flexibility index (Phi) is 11.5. The summed E-state index contributed by atoms with van der Waals surface area (Å²) in [6, 6.07) is 5.10. The average Bonchev–Trinajstić information content (AvgIpc) is 2.46. The van der Waals surface area contributed by atoms with Crippen LogP contribution in [0.15, 0.2) is 18.2 Å². The van der Waals surface area contributed by atoms with Crippen LogP contribution in [0.4, 0.5) is 0 Å². The zero-order valence-corrected chi connectivity index (χ0v) is 15.3. The molecule has 1 aromatic carbocycles. The fourth-order valence-electron chi connectivity index (χ4n) is 1.75. The second kappa shape index (κ2) is 11.9. The third kappa shape index (κ3) is 8.13. The fourth-order valence-corrected chi connectivity index (χ4v) is 2.46. The van der Waals surface area contributed by atoms with Gasteiger partial charge in [0.25, 0.3) is 0 Å². The van der Waals surface area contributed by atoms with Gasteiger partial charge in [-0.25, -0.2) is 0 Å². The third-order valence-corrected chi connectivity index (χ3v) is 3.86. The summed E-state index contributed by atoms with van der Waals surface area (Å²) in [6.07, 6.45) is 3.44. The van der Waals surface area contributed by atoms with Crippen molar-refractivity contribution in [3.05, 3.63) is 28.8 Å². The van der Waals surface area contributed by atoms with Crippen LogP contribution in [-0.2, 0) is 4.79 Å². The molecule has 0 aromatic heterocycles. The predicted octanol–water partition coefficient (Wildman–Crippen LogP) is 3.04. The molecule has 1 atom stereocenters. The number of thioether (sulfide) groups is 1. The van der Waals surface area contributed by atoms with Gasteiger partial charge < -0.3 is 15.8 Å². The number of carbonyl (C=O) groups excluding carboxylic acids is 1. The van der Waals surface area contributed by atoms with Crippen molar-refractivity contribution in [3.8, 4) is 5.75 Å². The van der Waals surface area contributed by atoms with Crippen LogP contribution in [0.2, 0.25) is 5.02 Å². The number of hydrogen-bond donors (Lipinski definition) is 2. The number of halogens is 2. The van der Waals surface area contributed by atoms with Gasteiger partial charge >= 0.3 is 0 Å². The first-order chi connectivity index (χ1) is 10.0. The molecule has 0 heterocycles. The van der Waals surface area contributed by atoms with E-state index in [1.807, 2.05) is 25.3 Å². The zero-order valence-electron chi connectivity index (χ0n) is 12.9. The molecule has 3 N–H and O–H groups in total. The molecule has 1 amide bonds. The summed E-state index contributed by atoms with van der Waals surface area (Å²) in [5.41, 5.74) is 6.78. The van der Waals surface area contributed by atoms with Crippen molar-refractivity contribution in [1.82, 2.24) is 5.32 Å². The number of nitrogens with two attached hydrogens (primary N) is 1. The zero-order chi connectivity index (χ0) is 15.7. The van der Waals surface area contributed by atoms with E-state index in [0.717, 1.165) is 23.5 Å². The summed E-state index contributed by atoms with van der Waals surface area (Å²) in [6.45, 7) is 3.06. The highest BCUT2D eigenvalue weighted by atomic mass is 35.5. The molecule has 0 saturated carbocycles. The van der Waals surface area contributed by atoms with E-state index in [-0.39, 0.29) is 18.3 Å². The molecule has 0 radical (unpaired) electrons. The smallest absolute Gasteiger partial charge is 0.236 e. The van der Waals surface area contributed by atoms with Crippen LogP contribution in [0.1, 0.15) is 18.4 Å². The predicted molar refractivity (Wildman–Crippen MR) is 97.5 cm³/mol. The molecule has 0 spiro atoms. The lowest BCUT2D eigenvalue weighted by Gasteiger charge is -2.12. The molecule has 0 bridgehead atoms. The Morgan fingerprint density at radius 2 is 2.23 bits per heavy atom. The lowest BCUT2D eigenvalue weighted by atomic mass is 10.2. The minimum Gasteiger partial charge on any atom is -0.493 e. The van der Waals surface area contributed by atoms with Gasteiger partial charge in [0.1, 0.15) is 5.75 Å². The Balaban J connectivity index is 0.00000441. The summed E-state index contributed by atoms with van der Waals surface area (Å²) >= 11 is 7.57. The molecule has 126 valence electrons. The monoisotopic (exact) mass is 366 g/mol. The minimum absolute atomic E-state index is 0. The van der Waals surface area contributed by atoms with Crippen molar-refractivity contribution in [1.29, 1.82) is 0 Å². The van der Waals surface area contributed by atoms with Crippen LogP contribution >= 0.6 is 35.8 Å². The van der Waals surface area contributed by atoms with Crippen molar-refractivity contribution in [3.63, 3.8) is 0 Å². The van der Waals surface area contributed by atoms with E-state index in [0.29, 0.717) is 24.6 Å². The maximum atomic E-state index is 11.7. The van der Waals surface area contributed by atoms with Gasteiger partial charge in [-0.2, -0.15) is 11.8 Å². The molecule has 0 aliphatic heterocycles. The Morgan fingerprint density at radius 3 is 2.86 bits per heavy atom. The summed E-state index contributed by atoms with van der Waals surface area (Å²) < 4.78 is 5.65. The summed E-state index contributed by atoms with van der Waals surface area (Å²) in [5.74, 6) is 1.63. The van der Waals surface area contributed by atoms with E-state index in [9.17, 15) is 4.79 Å². The van der Waals surface area contributed by atoms with Gasteiger partial charge in [-0.3, -0.25) is 4.79 Å². The van der Waals surface area contributed by atoms with Crippen molar-refractivity contribution in [2.45, 2.75) is 25.8 Å². The van der Waals surface area contributed by atoms with Crippen LogP contribution < -0.4 is 15.8 Å². The Bertz CT molecular complexity index is 461. The van der Waals surface area contributed by atoms with E-state index >= 15 is 0 Å². The van der Waals surface area contributed by atoms with E-state index in [4.69, 9.17) is 22.1 Å². The van der Waals surface area contributed by atoms with E-state index in [2.05, 4.69) is 5.32 Å². The third-order valence-electron chi connectivity index (χ3n) is 2.98. The van der Waals surface area contributed by atoms with Gasteiger partial charge in [-0.15, -0.1) is 12.4 Å². The Morgan fingerprint density at radius 1 is 1.50 bits per heavy atom. The highest BCUT2D eigenvalue weighted by Gasteiger charge is 2.11. The number of amides is 1. The molecule has 0 saturated heterocycles. The lowest BCUT2D eigenvalue weighted by molar-refractivity contribution is -0.122. The normalized spacial score (nSPS) is 11.5. The van der Waals surface area contributed by atoms with Gasteiger partial charge in [-0.1, -0.05) is 11.6 Å². The summed E-state index contributed by atoms with van der Waals surface area (Å²) in [7, 11) is 0. The number of hydrogen-bond acceptors (Lipinski definition) is 4. The molecule has 0 unspecified atom stereocenters. The maximum Gasteiger partial charge on any atom is 0.236 e. The number of carbonyl (C=O) groups is 1. The largest absolute Gasteiger partial charge is 0.493 e. The molecule has 1 rings (SSSR count). The van der Waals surface area contributed by atoms with Gasteiger partial charge in [0, 0.05) is 11.6 Å². The summed E-state index contributed by atoms with van der Waals surface area (Å²) in [5, 5.41) is 3.53. The van der Waals surface area contributed by atoms with Gasteiger partial charge in [0.15, 0.2) is 0 Å². The molecule has 7 heteroatoms. The minimum atomic E-state index is -0.420. The molecular weight excluding hydrogens is 343 g/mol. The number of benzene rings is 1. The number of rotatable bonds is 9. The summed E-state index contributed by atoms with van der Waals surface area (Å²) in [4.78, 5) is 11.7. The second-order valence-electron chi connectivity index (χ2n) is 4.79. The molecular formula is C15H24Cl2N2O2S. The van der Waals surface area contributed by atoms with Crippen molar-refractivity contribution in [2.75, 3.05) is 25.2 Å². The molecule has 0 aliphatic carbocycles. The second-order valence-corrected chi connectivity index (χ2v) is 6.21. The molecule has 0 fully saturated rings. The Hall–Kier alpha value is -0.620. The maximum absolute atomic E-state index is 11.7. The van der Waals surface area contributed by atoms with Crippen molar-refractivity contribution >= 4 is 41.7 Å². The van der Waals surface area contributed by atoms with E-state index in [1.54, 1.807) is 17.8 Å². The SMILES string of the molecule is CSCC[C@H](N)C(=O)NCCCOc1ccc(Cl)cc1C.Cl. The van der Waals surface area contributed by atoms with Gasteiger partial charge in [0.05, 0.1) is 12.6 Å². The van der Waals surface area contributed by atoms with Crippen LogP contribution in [0.3, 0.4) is 0 Å². The highest BCUT2D eigenvalue weighted by molar-refractivity contribution is 7.98. The van der Waals surface area contributed by atoms with Gasteiger partial charge in [-0.05, 0) is 55.5 Å². The fraction of sp³-hybridized carbons (Fsp3) is 0.533. The van der Waals surface area contributed by atoms with Crippen LogP contribution in [-0.4, -0.2) is 37.1 Å². The molecule has 0 aliphatic rings. The number of aryl methyl sites for hydroxylation is 1. The topological polar surface area (TPSA) is 64.4 Å². The van der Waals surface area contributed by atoms with Crippen molar-refractivity contribution < 1.29 is 9.53 Å². The lowest BCUT2D eigenvalue weighted by Crippen LogP contribution is -2.41. The first-order valence-electron chi connectivity index (χ1n) is 6.95. The van der Waals surface area contributed by atoms with E-state index < -0.39 is 6.04 Å². The number of ether oxygens (including phenoxy) is 1. The molecule has 4 nitrogen and oxygen atoms in total. The molecule has 1 aromatic rings. The van der Waals surface area contributed by atoms with Crippen molar-refractivity contribution in [2.24, 2.45) is 5.73 Å². The average molecular weight is 367 g/mol. The van der Waals surface area contributed by atoms with Crippen LogP contribution in [0.25, 0.3) is 0 Å². The molecule has 22 heavy (non-hydrogen) atoms. The van der Waals surface area contributed by atoms with Crippen LogP contribution in [0, 0.1) is 6.92 Å². The van der Waals surface area contributed by atoms with E-state index in [1.165, 1.54) is 0 Å². The van der Waals surface area contributed by atoms with Crippen LogP contribution in [0.5, 0.6) is 5.75 Å². The highest BCUT2D eigenvalue weighted by Crippen LogP contribution is 2.21. The first-order valence-corrected chi connectivity index (χ1v) is 8.73. The quantitative estimate of drug-likeness (QED) is 0.659. The Labute approximate surface area is 147 Å². The van der Waals surface area contributed by atoms with Gasteiger partial charge in [0.2, 0.25) is 5.91 Å².